The van der Waals surface area contributed by atoms with Gasteiger partial charge in [-0.3, -0.25) is 4.79 Å². The number of ketones is 1. The van der Waals surface area contributed by atoms with Crippen LogP contribution in [0.4, 0.5) is 5.69 Å². The van der Waals surface area contributed by atoms with Gasteiger partial charge in [-0.05, 0) is 34.9 Å². The van der Waals surface area contributed by atoms with E-state index in [0.29, 0.717) is 0 Å². The summed E-state index contributed by atoms with van der Waals surface area (Å²) in [6.45, 7) is 3.00. The van der Waals surface area contributed by atoms with Gasteiger partial charge < -0.3 is 14.7 Å². The molecule has 2 aromatic rings. The minimum atomic E-state index is -0.454. The standard InChI is InChI=1S/C20H21NO3/c22-15-20(23)10-3-16-1-4-17(5-2-16)18-6-8-19(9-7-18)21-11-13-24-14-12-21/h1-10,22H,11-15H2/b10-3+. The highest BCUT2D eigenvalue weighted by molar-refractivity contribution is 5.94. The lowest BCUT2D eigenvalue weighted by Crippen LogP contribution is -2.36. The van der Waals surface area contributed by atoms with Gasteiger partial charge in [0.15, 0.2) is 5.78 Å². The van der Waals surface area contributed by atoms with Crippen LogP contribution in [0.1, 0.15) is 5.56 Å². The Bertz CT molecular complexity index is 699. The summed E-state index contributed by atoms with van der Waals surface area (Å²) in [7, 11) is 0. The van der Waals surface area contributed by atoms with E-state index in [9.17, 15) is 4.79 Å². The topological polar surface area (TPSA) is 49.8 Å². The summed E-state index contributed by atoms with van der Waals surface area (Å²) < 4.78 is 5.39. The van der Waals surface area contributed by atoms with Crippen molar-refractivity contribution in [3.05, 3.63) is 60.2 Å². The second-order valence-electron chi connectivity index (χ2n) is 5.73. The molecule has 1 aliphatic heterocycles. The molecule has 4 nitrogen and oxygen atoms in total. The number of hydrogen-bond donors (Lipinski definition) is 1. The molecule has 0 bridgehead atoms. The Kier molecular flexibility index (Phi) is 5.41. The second-order valence-corrected chi connectivity index (χ2v) is 5.73. The number of morpholine rings is 1. The maximum absolute atomic E-state index is 11.1. The number of aliphatic hydroxyl groups is 1. The van der Waals surface area contributed by atoms with Crippen LogP contribution in [0.25, 0.3) is 17.2 Å². The van der Waals surface area contributed by atoms with E-state index in [1.165, 1.54) is 11.8 Å². The number of benzene rings is 2. The highest BCUT2D eigenvalue weighted by Gasteiger charge is 2.10. The van der Waals surface area contributed by atoms with Gasteiger partial charge in [0, 0.05) is 18.8 Å². The average Bonchev–Trinajstić information content (AvgIpc) is 2.67. The van der Waals surface area contributed by atoms with E-state index in [2.05, 4.69) is 29.2 Å². The van der Waals surface area contributed by atoms with Gasteiger partial charge in [0.25, 0.3) is 0 Å². The fourth-order valence-electron chi connectivity index (χ4n) is 2.71. The summed E-state index contributed by atoms with van der Waals surface area (Å²) in [5.74, 6) is -0.294. The van der Waals surface area contributed by atoms with Gasteiger partial charge in [-0.2, -0.15) is 0 Å². The lowest BCUT2D eigenvalue weighted by atomic mass is 10.0. The minimum Gasteiger partial charge on any atom is -0.388 e. The summed E-state index contributed by atoms with van der Waals surface area (Å²) in [4.78, 5) is 13.4. The van der Waals surface area contributed by atoms with Crippen molar-refractivity contribution in [3.63, 3.8) is 0 Å². The third-order valence-corrected chi connectivity index (χ3v) is 4.11. The predicted octanol–water partition coefficient (Wildman–Crippen LogP) is 2.76. The third kappa shape index (κ3) is 4.10. The smallest absolute Gasteiger partial charge is 0.181 e. The molecule has 0 saturated carbocycles. The molecule has 4 heteroatoms. The van der Waals surface area contributed by atoms with Crippen LogP contribution in [0, 0.1) is 0 Å². The van der Waals surface area contributed by atoms with E-state index in [1.807, 2.05) is 24.3 Å². The Morgan fingerprint density at radius 1 is 1.00 bits per heavy atom. The Hall–Kier alpha value is -2.43. The molecule has 0 atom stereocenters. The Balaban J connectivity index is 1.70. The van der Waals surface area contributed by atoms with Crippen LogP contribution < -0.4 is 4.90 Å². The number of carbonyl (C=O) groups is 1. The van der Waals surface area contributed by atoms with Crippen molar-refractivity contribution in [1.29, 1.82) is 0 Å². The van der Waals surface area contributed by atoms with Crippen molar-refractivity contribution in [2.75, 3.05) is 37.8 Å². The van der Waals surface area contributed by atoms with Crippen LogP contribution in [-0.2, 0) is 9.53 Å². The van der Waals surface area contributed by atoms with Crippen molar-refractivity contribution in [1.82, 2.24) is 0 Å². The van der Waals surface area contributed by atoms with E-state index < -0.39 is 6.61 Å². The summed E-state index contributed by atoms with van der Waals surface area (Å²) in [5, 5.41) is 8.71. The monoisotopic (exact) mass is 323 g/mol. The molecule has 1 heterocycles. The second kappa shape index (κ2) is 7.90. The van der Waals surface area contributed by atoms with Gasteiger partial charge in [0.05, 0.1) is 13.2 Å². The van der Waals surface area contributed by atoms with Crippen LogP contribution in [-0.4, -0.2) is 43.8 Å². The molecule has 1 saturated heterocycles. The van der Waals surface area contributed by atoms with E-state index in [0.717, 1.165) is 43.0 Å². The quantitative estimate of drug-likeness (QED) is 0.860. The zero-order valence-electron chi connectivity index (χ0n) is 13.5. The molecule has 1 aliphatic rings. The summed E-state index contributed by atoms with van der Waals surface area (Å²) in [5.41, 5.74) is 4.46. The predicted molar refractivity (Wildman–Crippen MR) is 96.0 cm³/mol. The first kappa shape index (κ1) is 16.4. The Labute approximate surface area is 142 Å². The molecule has 1 fully saturated rings. The van der Waals surface area contributed by atoms with Gasteiger partial charge in [-0.15, -0.1) is 0 Å². The van der Waals surface area contributed by atoms with Crippen LogP contribution >= 0.6 is 0 Å². The summed E-state index contributed by atoms with van der Waals surface area (Å²) in [6.07, 6.45) is 3.11. The van der Waals surface area contributed by atoms with Crippen molar-refractivity contribution >= 4 is 17.5 Å². The molecule has 0 spiro atoms. The van der Waals surface area contributed by atoms with Crippen molar-refractivity contribution in [2.45, 2.75) is 0 Å². The molecule has 124 valence electrons. The fourth-order valence-corrected chi connectivity index (χ4v) is 2.71. The molecule has 0 unspecified atom stereocenters. The maximum Gasteiger partial charge on any atom is 0.181 e. The number of carbonyl (C=O) groups excluding carboxylic acids is 1. The molecule has 0 radical (unpaired) electrons. The Morgan fingerprint density at radius 2 is 1.58 bits per heavy atom. The molecule has 1 N–H and O–H groups in total. The zero-order chi connectivity index (χ0) is 16.8. The van der Waals surface area contributed by atoms with Gasteiger partial charge in [0.2, 0.25) is 0 Å². The third-order valence-electron chi connectivity index (χ3n) is 4.11. The van der Waals surface area contributed by atoms with Gasteiger partial charge in [0.1, 0.15) is 6.61 Å². The maximum atomic E-state index is 11.1. The van der Waals surface area contributed by atoms with Crippen LogP contribution in [0.5, 0.6) is 0 Å². The van der Waals surface area contributed by atoms with E-state index in [-0.39, 0.29) is 5.78 Å². The number of anilines is 1. The molecule has 24 heavy (non-hydrogen) atoms. The van der Waals surface area contributed by atoms with Gasteiger partial charge >= 0.3 is 0 Å². The molecule has 0 aromatic heterocycles. The first-order chi connectivity index (χ1) is 11.8. The molecule has 0 aliphatic carbocycles. The lowest BCUT2D eigenvalue weighted by molar-refractivity contribution is -0.117. The van der Waals surface area contributed by atoms with Crippen molar-refractivity contribution in [3.8, 4) is 11.1 Å². The molecule has 0 amide bonds. The normalized spacial score (nSPS) is 15.0. The van der Waals surface area contributed by atoms with Gasteiger partial charge in [-0.1, -0.05) is 42.5 Å². The van der Waals surface area contributed by atoms with Crippen molar-refractivity contribution < 1.29 is 14.6 Å². The number of nitrogens with zero attached hydrogens (tertiary/aromatic N) is 1. The van der Waals surface area contributed by atoms with E-state index in [4.69, 9.17) is 9.84 Å². The highest BCUT2D eigenvalue weighted by atomic mass is 16.5. The first-order valence-electron chi connectivity index (χ1n) is 8.11. The van der Waals surface area contributed by atoms with E-state index in [1.54, 1.807) is 6.08 Å². The van der Waals surface area contributed by atoms with Gasteiger partial charge in [-0.25, -0.2) is 0 Å². The van der Waals surface area contributed by atoms with E-state index >= 15 is 0 Å². The average molecular weight is 323 g/mol. The largest absolute Gasteiger partial charge is 0.388 e. The number of ether oxygens (including phenoxy) is 1. The van der Waals surface area contributed by atoms with Crippen LogP contribution in [0.2, 0.25) is 0 Å². The first-order valence-corrected chi connectivity index (χ1v) is 8.11. The molecule has 3 rings (SSSR count). The lowest BCUT2D eigenvalue weighted by Gasteiger charge is -2.28. The fraction of sp³-hybridized carbons (Fsp3) is 0.250. The molecular weight excluding hydrogens is 302 g/mol. The minimum absolute atomic E-state index is 0.294. The number of rotatable bonds is 5. The van der Waals surface area contributed by atoms with Crippen molar-refractivity contribution in [2.24, 2.45) is 0 Å². The summed E-state index contributed by atoms with van der Waals surface area (Å²) in [6, 6.07) is 16.6. The van der Waals surface area contributed by atoms with Crippen LogP contribution in [0.3, 0.4) is 0 Å². The molecule has 2 aromatic carbocycles. The summed E-state index contributed by atoms with van der Waals surface area (Å²) >= 11 is 0. The SMILES string of the molecule is O=C(/C=C/c1ccc(-c2ccc(N3CCOCC3)cc2)cc1)CO. The molecular formula is C20H21NO3. The zero-order valence-corrected chi connectivity index (χ0v) is 13.5. The highest BCUT2D eigenvalue weighted by Crippen LogP contribution is 2.24. The van der Waals surface area contributed by atoms with Crippen LogP contribution in [0.15, 0.2) is 54.6 Å². The number of aliphatic hydroxyl groups excluding tert-OH is 1. The Morgan fingerprint density at radius 3 is 2.17 bits per heavy atom. The number of hydrogen-bond acceptors (Lipinski definition) is 4.